The van der Waals surface area contributed by atoms with E-state index in [2.05, 4.69) is 26.6 Å². The topological polar surface area (TPSA) is 79.6 Å². The van der Waals surface area contributed by atoms with Gasteiger partial charge in [0.05, 0.1) is 49.3 Å². The van der Waals surface area contributed by atoms with E-state index < -0.39 is 0 Å². The quantitative estimate of drug-likeness (QED) is 0.686. The smallest absolute Gasteiger partial charge is 0.270 e. The molecular formula is C21H22N4O3. The van der Waals surface area contributed by atoms with Crippen LogP contribution in [-0.2, 0) is 11.3 Å². The third kappa shape index (κ3) is 4.32. The Hall–Kier alpha value is -3.32. The zero-order valence-electron chi connectivity index (χ0n) is 15.4. The fourth-order valence-electron chi connectivity index (χ4n) is 3.09. The van der Waals surface area contributed by atoms with Crippen molar-refractivity contribution in [2.45, 2.75) is 6.54 Å². The van der Waals surface area contributed by atoms with Gasteiger partial charge in [-0.3, -0.25) is 4.79 Å². The predicted molar refractivity (Wildman–Crippen MR) is 107 cm³/mol. The number of hydrogen-bond acceptors (Lipinski definition) is 6. The van der Waals surface area contributed by atoms with Crippen LogP contribution in [0.2, 0.25) is 0 Å². The van der Waals surface area contributed by atoms with E-state index in [0.29, 0.717) is 18.0 Å². The molecule has 0 unspecified atom stereocenters. The Morgan fingerprint density at radius 1 is 1.07 bits per heavy atom. The van der Waals surface area contributed by atoms with E-state index in [-0.39, 0.29) is 5.91 Å². The first kappa shape index (κ1) is 18.1. The number of anilines is 3. The second-order valence-corrected chi connectivity index (χ2v) is 6.44. The average molecular weight is 378 g/mol. The standard InChI is InChI=1S/C21H22N4O3/c26-21(23-15-17-4-3-11-28-17)19-8-7-16(14-22-19)24-18-5-1-2-6-20(18)25-9-12-27-13-10-25/h1-8,11,14,24H,9-10,12-13,15H2,(H,23,26). The number of pyridine rings is 1. The van der Waals surface area contributed by atoms with Crippen LogP contribution in [0.15, 0.2) is 65.4 Å². The largest absolute Gasteiger partial charge is 0.467 e. The molecule has 0 aliphatic carbocycles. The number of morpholine rings is 1. The van der Waals surface area contributed by atoms with Crippen LogP contribution in [0.25, 0.3) is 0 Å². The van der Waals surface area contributed by atoms with Crippen LogP contribution in [0.4, 0.5) is 17.1 Å². The molecule has 0 atom stereocenters. The Labute approximate surface area is 163 Å². The zero-order valence-corrected chi connectivity index (χ0v) is 15.4. The van der Waals surface area contributed by atoms with E-state index in [9.17, 15) is 4.79 Å². The molecule has 1 saturated heterocycles. The summed E-state index contributed by atoms with van der Waals surface area (Å²) in [5.41, 5.74) is 3.31. The number of aromatic nitrogens is 1. The summed E-state index contributed by atoms with van der Waals surface area (Å²) in [6, 6.07) is 15.3. The maximum absolute atomic E-state index is 12.2. The van der Waals surface area contributed by atoms with Crippen molar-refractivity contribution in [1.82, 2.24) is 10.3 Å². The van der Waals surface area contributed by atoms with Crippen LogP contribution in [-0.4, -0.2) is 37.2 Å². The fourth-order valence-corrected chi connectivity index (χ4v) is 3.09. The van der Waals surface area contributed by atoms with Gasteiger partial charge in [0.25, 0.3) is 5.91 Å². The maximum atomic E-state index is 12.2. The minimum atomic E-state index is -0.239. The number of ether oxygens (including phenoxy) is 1. The van der Waals surface area contributed by atoms with Crippen molar-refractivity contribution in [3.05, 3.63) is 72.4 Å². The molecule has 4 rings (SSSR count). The van der Waals surface area contributed by atoms with E-state index in [1.807, 2.05) is 30.3 Å². The highest BCUT2D eigenvalue weighted by Gasteiger charge is 2.15. The molecule has 144 valence electrons. The molecule has 1 aliphatic heterocycles. The lowest BCUT2D eigenvalue weighted by Crippen LogP contribution is -2.36. The number of benzene rings is 1. The second-order valence-electron chi connectivity index (χ2n) is 6.44. The Balaban J connectivity index is 1.41. The Morgan fingerprint density at radius 3 is 2.68 bits per heavy atom. The summed E-state index contributed by atoms with van der Waals surface area (Å²) in [6.45, 7) is 3.54. The van der Waals surface area contributed by atoms with Gasteiger partial charge in [-0.1, -0.05) is 12.1 Å². The molecule has 1 aromatic carbocycles. The summed E-state index contributed by atoms with van der Waals surface area (Å²) in [4.78, 5) is 18.8. The molecule has 1 fully saturated rings. The van der Waals surface area contributed by atoms with E-state index in [0.717, 1.165) is 43.4 Å². The minimum absolute atomic E-state index is 0.239. The van der Waals surface area contributed by atoms with E-state index in [1.54, 1.807) is 24.6 Å². The molecule has 0 bridgehead atoms. The predicted octanol–water partition coefficient (Wildman–Crippen LogP) is 3.18. The zero-order chi connectivity index (χ0) is 19.2. The first-order chi connectivity index (χ1) is 13.8. The number of nitrogens with zero attached hydrogens (tertiary/aromatic N) is 2. The number of carbonyl (C=O) groups is 1. The van der Waals surface area contributed by atoms with Gasteiger partial charge in [-0.25, -0.2) is 4.98 Å². The van der Waals surface area contributed by atoms with Crippen molar-refractivity contribution in [2.75, 3.05) is 36.5 Å². The van der Waals surface area contributed by atoms with E-state index in [4.69, 9.17) is 9.15 Å². The highest BCUT2D eigenvalue weighted by Crippen LogP contribution is 2.29. The highest BCUT2D eigenvalue weighted by atomic mass is 16.5. The minimum Gasteiger partial charge on any atom is -0.467 e. The van der Waals surface area contributed by atoms with Crippen LogP contribution in [0.5, 0.6) is 0 Å². The summed E-state index contributed by atoms with van der Waals surface area (Å²) in [5, 5.41) is 6.19. The Morgan fingerprint density at radius 2 is 1.93 bits per heavy atom. The van der Waals surface area contributed by atoms with Crippen molar-refractivity contribution >= 4 is 23.0 Å². The van der Waals surface area contributed by atoms with Gasteiger partial charge >= 0.3 is 0 Å². The van der Waals surface area contributed by atoms with Crippen molar-refractivity contribution < 1.29 is 13.9 Å². The lowest BCUT2D eigenvalue weighted by molar-refractivity contribution is 0.0943. The lowest BCUT2D eigenvalue weighted by Gasteiger charge is -2.30. The van der Waals surface area contributed by atoms with Crippen molar-refractivity contribution in [1.29, 1.82) is 0 Å². The van der Waals surface area contributed by atoms with E-state index >= 15 is 0 Å². The van der Waals surface area contributed by atoms with Gasteiger partial charge in [0.15, 0.2) is 0 Å². The van der Waals surface area contributed by atoms with Gasteiger partial charge in [-0.05, 0) is 36.4 Å². The molecular weight excluding hydrogens is 356 g/mol. The second kappa shape index (κ2) is 8.58. The van der Waals surface area contributed by atoms with Gasteiger partial charge < -0.3 is 24.7 Å². The summed E-state index contributed by atoms with van der Waals surface area (Å²) >= 11 is 0. The van der Waals surface area contributed by atoms with Gasteiger partial charge in [-0.15, -0.1) is 0 Å². The summed E-state index contributed by atoms with van der Waals surface area (Å²) in [7, 11) is 0. The summed E-state index contributed by atoms with van der Waals surface area (Å²) in [5.74, 6) is 0.461. The molecule has 7 heteroatoms. The number of nitrogens with one attached hydrogen (secondary N) is 2. The molecule has 7 nitrogen and oxygen atoms in total. The van der Waals surface area contributed by atoms with Gasteiger partial charge in [0.1, 0.15) is 11.5 Å². The van der Waals surface area contributed by atoms with Gasteiger partial charge in [0.2, 0.25) is 0 Å². The average Bonchev–Trinajstić information content (AvgIpc) is 3.27. The molecule has 1 amide bonds. The highest BCUT2D eigenvalue weighted by molar-refractivity contribution is 5.92. The molecule has 2 aromatic heterocycles. The SMILES string of the molecule is O=C(NCc1ccco1)c1ccc(Nc2ccccc2N2CCOCC2)cn1. The third-order valence-electron chi connectivity index (χ3n) is 4.53. The number of rotatable bonds is 6. The van der Waals surface area contributed by atoms with Crippen molar-refractivity contribution in [3.8, 4) is 0 Å². The normalized spacial score (nSPS) is 13.9. The Bertz CT molecular complexity index is 904. The number of furan rings is 1. The van der Waals surface area contributed by atoms with E-state index in [1.165, 1.54) is 0 Å². The number of hydrogen-bond donors (Lipinski definition) is 2. The maximum Gasteiger partial charge on any atom is 0.270 e. The molecule has 3 aromatic rings. The monoisotopic (exact) mass is 378 g/mol. The Kier molecular flexibility index (Phi) is 5.53. The number of para-hydroxylation sites is 2. The molecule has 28 heavy (non-hydrogen) atoms. The van der Waals surface area contributed by atoms with Crippen LogP contribution in [0, 0.1) is 0 Å². The summed E-state index contributed by atoms with van der Waals surface area (Å²) in [6.07, 6.45) is 3.24. The first-order valence-electron chi connectivity index (χ1n) is 9.25. The molecule has 1 aliphatic rings. The van der Waals surface area contributed by atoms with Crippen LogP contribution >= 0.6 is 0 Å². The molecule has 0 saturated carbocycles. The van der Waals surface area contributed by atoms with Gasteiger partial charge in [-0.2, -0.15) is 0 Å². The van der Waals surface area contributed by atoms with Gasteiger partial charge in [0, 0.05) is 13.1 Å². The fraction of sp³-hybridized carbons (Fsp3) is 0.238. The van der Waals surface area contributed by atoms with Crippen molar-refractivity contribution in [2.24, 2.45) is 0 Å². The summed E-state index contributed by atoms with van der Waals surface area (Å²) < 4.78 is 10.7. The molecule has 0 radical (unpaired) electrons. The number of amides is 1. The first-order valence-corrected chi connectivity index (χ1v) is 9.25. The molecule has 2 N–H and O–H groups in total. The van der Waals surface area contributed by atoms with Crippen LogP contribution in [0.1, 0.15) is 16.2 Å². The molecule has 0 spiro atoms. The molecule has 3 heterocycles. The lowest BCUT2D eigenvalue weighted by atomic mass is 10.2. The van der Waals surface area contributed by atoms with Crippen LogP contribution < -0.4 is 15.5 Å². The van der Waals surface area contributed by atoms with Crippen molar-refractivity contribution in [3.63, 3.8) is 0 Å². The number of carbonyl (C=O) groups excluding carboxylic acids is 1. The third-order valence-corrected chi connectivity index (χ3v) is 4.53. The van der Waals surface area contributed by atoms with Crippen LogP contribution in [0.3, 0.4) is 0 Å².